The summed E-state index contributed by atoms with van der Waals surface area (Å²) < 4.78 is 63.7. The van der Waals surface area contributed by atoms with E-state index in [1.54, 1.807) is 7.05 Å². The molecule has 118 valence electrons. The summed E-state index contributed by atoms with van der Waals surface area (Å²) in [5.74, 6) is -0.877. The lowest BCUT2D eigenvalue weighted by Gasteiger charge is -2.19. The summed E-state index contributed by atoms with van der Waals surface area (Å²) in [5, 5.41) is 3.78. The fourth-order valence-corrected chi connectivity index (χ4v) is 3.49. The van der Waals surface area contributed by atoms with Crippen molar-refractivity contribution in [2.45, 2.75) is 18.0 Å². The van der Waals surface area contributed by atoms with Gasteiger partial charge in [0.15, 0.2) is 0 Å². The second-order valence-corrected chi connectivity index (χ2v) is 6.59. The van der Waals surface area contributed by atoms with E-state index in [0.717, 1.165) is 6.20 Å². The van der Waals surface area contributed by atoms with Crippen molar-refractivity contribution in [2.75, 3.05) is 19.8 Å². The van der Waals surface area contributed by atoms with Crippen molar-refractivity contribution >= 4 is 15.9 Å². The number of sulfonamides is 1. The number of hydrogen-bond acceptors (Lipinski definition) is 4. The third-order valence-electron chi connectivity index (χ3n) is 3.17. The summed E-state index contributed by atoms with van der Waals surface area (Å²) >= 11 is 0. The van der Waals surface area contributed by atoms with Crippen LogP contribution in [0.15, 0.2) is 11.1 Å². The number of halogens is 3. The lowest BCUT2D eigenvalue weighted by Crippen LogP contribution is -2.37. The summed E-state index contributed by atoms with van der Waals surface area (Å²) in [7, 11) is -2.51. The first-order valence-electron chi connectivity index (χ1n) is 5.85. The molecular formula is C10H13F3N4O3S. The zero-order valence-electron chi connectivity index (χ0n) is 11.3. The van der Waals surface area contributed by atoms with Crippen LogP contribution >= 0.6 is 0 Å². The number of carbonyl (C=O) groups excluding carboxylic acids is 1. The van der Waals surface area contributed by atoms with Gasteiger partial charge in [-0.2, -0.15) is 22.6 Å². The molecule has 0 atom stereocenters. The number of rotatable bonds is 3. The zero-order valence-corrected chi connectivity index (χ0v) is 12.1. The summed E-state index contributed by atoms with van der Waals surface area (Å²) in [5.41, 5.74) is 0.344. The Hall–Kier alpha value is -1.62. The highest BCUT2D eigenvalue weighted by Crippen LogP contribution is 2.24. The number of carbonyl (C=O) groups is 1. The van der Waals surface area contributed by atoms with Gasteiger partial charge in [0.2, 0.25) is 15.9 Å². The highest BCUT2D eigenvalue weighted by Gasteiger charge is 2.42. The SMILES string of the molecule is Cc1c(S(=O)(=O)N2CC(=O)N(CC(F)(F)F)C2)cnn1C. The highest BCUT2D eigenvalue weighted by atomic mass is 32.2. The van der Waals surface area contributed by atoms with E-state index in [1.807, 2.05) is 0 Å². The molecule has 1 aliphatic rings. The van der Waals surface area contributed by atoms with E-state index in [1.165, 1.54) is 11.6 Å². The summed E-state index contributed by atoms with van der Waals surface area (Å²) in [6.07, 6.45) is -3.46. The van der Waals surface area contributed by atoms with Crippen molar-refractivity contribution in [1.29, 1.82) is 0 Å². The van der Waals surface area contributed by atoms with Crippen molar-refractivity contribution in [1.82, 2.24) is 19.0 Å². The second-order valence-electron chi connectivity index (χ2n) is 4.68. The van der Waals surface area contributed by atoms with Crippen LogP contribution in [-0.4, -0.2) is 59.2 Å². The van der Waals surface area contributed by atoms with Crippen LogP contribution in [0.2, 0.25) is 0 Å². The number of nitrogens with zero attached hydrogens (tertiary/aromatic N) is 4. The molecule has 2 heterocycles. The second kappa shape index (κ2) is 4.98. The number of amides is 1. The number of aryl methyl sites for hydroxylation is 1. The fraction of sp³-hybridized carbons (Fsp3) is 0.600. The number of alkyl halides is 3. The zero-order chi connectivity index (χ0) is 16.0. The first-order chi connectivity index (χ1) is 9.52. The Bertz CT molecular complexity index is 668. The molecule has 21 heavy (non-hydrogen) atoms. The molecule has 0 aromatic carbocycles. The van der Waals surface area contributed by atoms with Gasteiger partial charge in [0.1, 0.15) is 11.4 Å². The molecule has 0 spiro atoms. The van der Waals surface area contributed by atoms with Gasteiger partial charge in [-0.05, 0) is 6.92 Å². The monoisotopic (exact) mass is 326 g/mol. The van der Waals surface area contributed by atoms with Crippen LogP contribution < -0.4 is 0 Å². The molecule has 1 saturated heterocycles. The lowest BCUT2D eigenvalue weighted by atomic mass is 10.5. The summed E-state index contributed by atoms with van der Waals surface area (Å²) in [6, 6.07) is 0. The molecule has 0 radical (unpaired) electrons. The van der Waals surface area contributed by atoms with Crippen molar-refractivity contribution in [2.24, 2.45) is 7.05 Å². The first kappa shape index (κ1) is 15.8. The smallest absolute Gasteiger partial charge is 0.318 e. The van der Waals surface area contributed by atoms with E-state index >= 15 is 0 Å². The minimum Gasteiger partial charge on any atom is -0.318 e. The van der Waals surface area contributed by atoms with Crippen LogP contribution in [0.5, 0.6) is 0 Å². The molecule has 0 N–H and O–H groups in total. The van der Waals surface area contributed by atoms with Gasteiger partial charge in [0.25, 0.3) is 0 Å². The van der Waals surface area contributed by atoms with Gasteiger partial charge in [0.05, 0.1) is 25.1 Å². The molecule has 1 fully saturated rings. The Balaban J connectivity index is 2.24. The van der Waals surface area contributed by atoms with Crippen molar-refractivity contribution in [3.8, 4) is 0 Å². The molecule has 0 aliphatic carbocycles. The topological polar surface area (TPSA) is 75.5 Å². The average Bonchev–Trinajstić information content (AvgIpc) is 2.84. The summed E-state index contributed by atoms with van der Waals surface area (Å²) in [6.45, 7) is -1.17. The molecule has 2 rings (SSSR count). The quantitative estimate of drug-likeness (QED) is 0.788. The van der Waals surface area contributed by atoms with Crippen LogP contribution in [-0.2, 0) is 21.9 Å². The maximum Gasteiger partial charge on any atom is 0.406 e. The minimum absolute atomic E-state index is 0.119. The fourth-order valence-electron chi connectivity index (χ4n) is 1.96. The van der Waals surface area contributed by atoms with Gasteiger partial charge < -0.3 is 4.90 Å². The first-order valence-corrected chi connectivity index (χ1v) is 7.29. The van der Waals surface area contributed by atoms with E-state index in [0.29, 0.717) is 14.9 Å². The van der Waals surface area contributed by atoms with Crippen LogP contribution in [0.3, 0.4) is 0 Å². The van der Waals surface area contributed by atoms with Crippen molar-refractivity contribution in [3.05, 3.63) is 11.9 Å². The maximum atomic E-state index is 12.3. The molecule has 1 aromatic heterocycles. The predicted octanol–water partition coefficient (Wildman–Crippen LogP) is 0.0812. The van der Waals surface area contributed by atoms with E-state index in [2.05, 4.69) is 5.10 Å². The van der Waals surface area contributed by atoms with E-state index in [-0.39, 0.29) is 4.90 Å². The van der Waals surface area contributed by atoms with E-state index in [4.69, 9.17) is 0 Å². The van der Waals surface area contributed by atoms with E-state index in [9.17, 15) is 26.4 Å². The number of aromatic nitrogens is 2. The van der Waals surface area contributed by atoms with Gasteiger partial charge in [-0.1, -0.05) is 0 Å². The summed E-state index contributed by atoms with van der Waals surface area (Å²) in [4.78, 5) is 11.9. The van der Waals surface area contributed by atoms with Crippen LogP contribution in [0.1, 0.15) is 5.69 Å². The van der Waals surface area contributed by atoms with Crippen molar-refractivity contribution < 1.29 is 26.4 Å². The van der Waals surface area contributed by atoms with Gasteiger partial charge in [-0.15, -0.1) is 0 Å². The van der Waals surface area contributed by atoms with Crippen LogP contribution in [0.4, 0.5) is 13.2 Å². The van der Waals surface area contributed by atoms with Gasteiger partial charge in [-0.3, -0.25) is 9.48 Å². The van der Waals surface area contributed by atoms with Crippen LogP contribution in [0, 0.1) is 6.92 Å². The predicted molar refractivity (Wildman–Crippen MR) is 64.5 cm³/mol. The van der Waals surface area contributed by atoms with Gasteiger partial charge >= 0.3 is 6.18 Å². The number of hydrogen-bond donors (Lipinski definition) is 0. The molecule has 0 saturated carbocycles. The maximum absolute atomic E-state index is 12.3. The molecule has 7 nitrogen and oxygen atoms in total. The molecule has 11 heteroatoms. The molecule has 0 unspecified atom stereocenters. The van der Waals surface area contributed by atoms with Gasteiger partial charge in [-0.25, -0.2) is 8.42 Å². The van der Waals surface area contributed by atoms with E-state index < -0.39 is 41.9 Å². The Morgan fingerprint density at radius 1 is 1.38 bits per heavy atom. The normalized spacial score (nSPS) is 17.8. The highest BCUT2D eigenvalue weighted by molar-refractivity contribution is 7.89. The average molecular weight is 326 g/mol. The third-order valence-corrected chi connectivity index (χ3v) is 5.05. The standard InChI is InChI=1S/C10H13F3N4O3S/c1-7-8(3-14-15(7)2)21(19,20)17-4-9(18)16(6-17)5-10(11,12)13/h3H,4-6H2,1-2H3. The molecule has 0 bridgehead atoms. The Kier molecular flexibility index (Phi) is 3.74. The molecule has 1 amide bonds. The third kappa shape index (κ3) is 3.02. The lowest BCUT2D eigenvalue weighted by molar-refractivity contribution is -0.157. The molecular weight excluding hydrogens is 313 g/mol. The molecule has 1 aromatic rings. The minimum atomic E-state index is -4.57. The largest absolute Gasteiger partial charge is 0.406 e. The van der Waals surface area contributed by atoms with Crippen molar-refractivity contribution in [3.63, 3.8) is 0 Å². The van der Waals surface area contributed by atoms with Crippen LogP contribution in [0.25, 0.3) is 0 Å². The Morgan fingerprint density at radius 3 is 2.48 bits per heavy atom. The van der Waals surface area contributed by atoms with Gasteiger partial charge in [0, 0.05) is 7.05 Å². The molecule has 1 aliphatic heterocycles. The Morgan fingerprint density at radius 2 is 2.00 bits per heavy atom. The Labute approximate surface area is 119 Å².